The minimum Gasteiger partial charge on any atom is -0.465 e. The summed E-state index contributed by atoms with van der Waals surface area (Å²) in [4.78, 5) is 12.1. The number of hydrogen-bond donors (Lipinski definition) is 0. The molecule has 1 aromatic heterocycles. The van der Waals surface area contributed by atoms with E-state index in [1.165, 1.54) is 13.5 Å². The first-order chi connectivity index (χ1) is 9.95. The molecule has 1 aliphatic carbocycles. The van der Waals surface area contributed by atoms with E-state index in [4.69, 9.17) is 4.74 Å². The topological polar surface area (TPSA) is 63.7 Å². The van der Waals surface area contributed by atoms with E-state index in [1.54, 1.807) is 16.6 Å². The zero-order valence-corrected chi connectivity index (χ0v) is 13.8. The smallest absolute Gasteiger partial charge is 0.349 e. The number of fused-ring (bicyclic) bond motifs is 1. The maximum atomic E-state index is 12.9. The number of ether oxygens (including phenoxy) is 1. The molecule has 0 bridgehead atoms. The minimum absolute atomic E-state index is 0.138. The van der Waals surface area contributed by atoms with Gasteiger partial charge in [-0.05, 0) is 42.5 Å². The molecular weight excluding hydrogens is 310 g/mol. The van der Waals surface area contributed by atoms with Gasteiger partial charge in [0.05, 0.1) is 7.11 Å². The summed E-state index contributed by atoms with van der Waals surface area (Å²) < 4.78 is 32.1. The van der Waals surface area contributed by atoms with Crippen LogP contribution >= 0.6 is 11.3 Å². The second-order valence-electron chi connectivity index (χ2n) is 5.84. The van der Waals surface area contributed by atoms with Gasteiger partial charge in [-0.2, -0.15) is 4.31 Å². The highest BCUT2D eigenvalue weighted by atomic mass is 32.2. The van der Waals surface area contributed by atoms with Crippen molar-refractivity contribution in [2.24, 2.45) is 11.8 Å². The lowest BCUT2D eigenvalue weighted by molar-refractivity contribution is 0.0602. The molecule has 0 aromatic carbocycles. The Morgan fingerprint density at radius 3 is 2.52 bits per heavy atom. The molecule has 2 aliphatic rings. The molecule has 1 saturated heterocycles. The predicted octanol–water partition coefficient (Wildman–Crippen LogP) is 2.26. The highest BCUT2D eigenvalue weighted by Crippen LogP contribution is 2.41. The van der Waals surface area contributed by atoms with E-state index in [0.717, 1.165) is 24.2 Å². The molecule has 1 aromatic rings. The molecular formula is C14H19NO4S2. The molecule has 21 heavy (non-hydrogen) atoms. The second kappa shape index (κ2) is 5.37. The Bertz CT molecular complexity index is 653. The summed E-state index contributed by atoms with van der Waals surface area (Å²) >= 11 is 1.14. The van der Waals surface area contributed by atoms with Crippen molar-refractivity contribution in [3.63, 3.8) is 0 Å². The van der Waals surface area contributed by atoms with Crippen molar-refractivity contribution in [1.82, 2.24) is 4.31 Å². The molecule has 1 saturated carbocycles. The third-order valence-corrected chi connectivity index (χ3v) is 7.81. The number of nitrogens with zero attached hydrogens (tertiary/aromatic N) is 1. The van der Waals surface area contributed by atoms with Crippen molar-refractivity contribution in [2.45, 2.75) is 31.1 Å². The van der Waals surface area contributed by atoms with Gasteiger partial charge in [0.15, 0.2) is 0 Å². The molecule has 0 amide bonds. The highest BCUT2D eigenvalue weighted by molar-refractivity contribution is 7.89. The first-order valence-electron chi connectivity index (χ1n) is 7.11. The van der Waals surface area contributed by atoms with Crippen molar-refractivity contribution < 1.29 is 17.9 Å². The van der Waals surface area contributed by atoms with E-state index in [0.29, 0.717) is 30.5 Å². The van der Waals surface area contributed by atoms with E-state index in [-0.39, 0.29) is 9.77 Å². The standard InChI is InChI=1S/C14H19NO4S2/c1-9-8-20-12(14(16)19-2)13(9)21(17,18)15-6-10-4-3-5-11(10)7-15/h8,10-11H,3-7H2,1-2H3. The molecule has 7 heteroatoms. The average Bonchev–Trinajstić information content (AvgIpc) is 3.10. The van der Waals surface area contributed by atoms with Gasteiger partial charge >= 0.3 is 5.97 Å². The maximum Gasteiger partial charge on any atom is 0.349 e. The van der Waals surface area contributed by atoms with Gasteiger partial charge in [-0.3, -0.25) is 0 Å². The first-order valence-corrected chi connectivity index (χ1v) is 9.43. The van der Waals surface area contributed by atoms with E-state index in [1.807, 2.05) is 0 Å². The molecule has 5 nitrogen and oxygen atoms in total. The van der Waals surface area contributed by atoms with Crippen LogP contribution in [0.1, 0.15) is 34.5 Å². The number of thiophene rings is 1. The lowest BCUT2D eigenvalue weighted by Crippen LogP contribution is -2.31. The number of carbonyl (C=O) groups is 1. The molecule has 1 aliphatic heterocycles. The van der Waals surface area contributed by atoms with E-state index >= 15 is 0 Å². The van der Waals surface area contributed by atoms with Crippen molar-refractivity contribution in [3.8, 4) is 0 Å². The molecule has 0 N–H and O–H groups in total. The first kappa shape index (κ1) is 15.0. The van der Waals surface area contributed by atoms with Crippen LogP contribution in [0.25, 0.3) is 0 Å². The van der Waals surface area contributed by atoms with Gasteiger partial charge in [-0.1, -0.05) is 6.42 Å². The number of aryl methyl sites for hydroxylation is 1. The number of methoxy groups -OCH3 is 1. The third kappa shape index (κ3) is 2.41. The Balaban J connectivity index is 1.96. The van der Waals surface area contributed by atoms with Crippen LogP contribution in [0.3, 0.4) is 0 Å². The zero-order valence-electron chi connectivity index (χ0n) is 12.2. The lowest BCUT2D eigenvalue weighted by atomic mass is 10.0. The molecule has 2 heterocycles. The van der Waals surface area contributed by atoms with E-state index in [2.05, 4.69) is 0 Å². The molecule has 2 atom stereocenters. The Labute approximate surface area is 129 Å². The van der Waals surface area contributed by atoms with Crippen LogP contribution < -0.4 is 0 Å². The van der Waals surface area contributed by atoms with Crippen LogP contribution in [0.4, 0.5) is 0 Å². The maximum absolute atomic E-state index is 12.9. The van der Waals surface area contributed by atoms with Crippen molar-refractivity contribution >= 4 is 27.3 Å². The third-order valence-electron chi connectivity index (χ3n) is 4.58. The van der Waals surface area contributed by atoms with Crippen molar-refractivity contribution in [2.75, 3.05) is 20.2 Å². The monoisotopic (exact) mass is 329 g/mol. The predicted molar refractivity (Wildman–Crippen MR) is 80.0 cm³/mol. The van der Waals surface area contributed by atoms with Gasteiger partial charge < -0.3 is 4.74 Å². The summed E-state index contributed by atoms with van der Waals surface area (Å²) in [6, 6.07) is 0. The quantitative estimate of drug-likeness (QED) is 0.798. The van der Waals surface area contributed by atoms with Crippen LogP contribution in [0, 0.1) is 18.8 Å². The van der Waals surface area contributed by atoms with Gasteiger partial charge in [-0.15, -0.1) is 11.3 Å². The van der Waals surface area contributed by atoms with Crippen LogP contribution in [0.15, 0.2) is 10.3 Å². The Hall–Kier alpha value is -0.920. The Kier molecular flexibility index (Phi) is 3.83. The second-order valence-corrected chi connectivity index (χ2v) is 8.60. The Morgan fingerprint density at radius 1 is 1.33 bits per heavy atom. The SMILES string of the molecule is COC(=O)c1scc(C)c1S(=O)(=O)N1CC2CCCC2C1. The summed E-state index contributed by atoms with van der Waals surface area (Å²) in [6.45, 7) is 2.90. The van der Waals surface area contributed by atoms with Gasteiger partial charge in [0.1, 0.15) is 9.77 Å². The fourth-order valence-corrected chi connectivity index (χ4v) is 6.72. The lowest BCUT2D eigenvalue weighted by Gasteiger charge is -2.18. The fourth-order valence-electron chi connectivity index (χ4n) is 3.50. The van der Waals surface area contributed by atoms with Crippen molar-refractivity contribution in [3.05, 3.63) is 15.8 Å². The van der Waals surface area contributed by atoms with Gasteiger partial charge in [0.25, 0.3) is 0 Å². The summed E-state index contributed by atoms with van der Waals surface area (Å²) in [5, 5.41) is 1.70. The minimum atomic E-state index is -3.61. The fraction of sp³-hybridized carbons (Fsp3) is 0.643. The number of carbonyl (C=O) groups excluding carboxylic acids is 1. The van der Waals surface area contributed by atoms with Crippen LogP contribution in [0.5, 0.6) is 0 Å². The van der Waals surface area contributed by atoms with Gasteiger partial charge in [0, 0.05) is 13.1 Å². The molecule has 2 fully saturated rings. The number of sulfonamides is 1. The highest BCUT2D eigenvalue weighted by Gasteiger charge is 2.43. The van der Waals surface area contributed by atoms with Gasteiger partial charge in [-0.25, -0.2) is 13.2 Å². The largest absolute Gasteiger partial charge is 0.465 e. The van der Waals surface area contributed by atoms with Crippen LogP contribution in [0.2, 0.25) is 0 Å². The summed E-state index contributed by atoms with van der Waals surface area (Å²) in [6.07, 6.45) is 3.43. The molecule has 3 rings (SSSR count). The van der Waals surface area contributed by atoms with Crippen LogP contribution in [-0.4, -0.2) is 38.9 Å². The van der Waals surface area contributed by atoms with E-state index in [9.17, 15) is 13.2 Å². The zero-order chi connectivity index (χ0) is 15.2. The average molecular weight is 329 g/mol. The van der Waals surface area contributed by atoms with Gasteiger partial charge in [0.2, 0.25) is 10.0 Å². The molecule has 116 valence electrons. The van der Waals surface area contributed by atoms with Crippen LogP contribution in [-0.2, 0) is 14.8 Å². The number of rotatable bonds is 3. The number of esters is 1. The number of hydrogen-bond acceptors (Lipinski definition) is 5. The Morgan fingerprint density at radius 2 is 1.95 bits per heavy atom. The summed E-state index contributed by atoms with van der Waals surface area (Å²) in [5.41, 5.74) is 0.623. The molecule has 0 radical (unpaired) electrons. The molecule has 2 unspecified atom stereocenters. The van der Waals surface area contributed by atoms with E-state index < -0.39 is 16.0 Å². The summed E-state index contributed by atoms with van der Waals surface area (Å²) in [5.74, 6) is 0.395. The molecule has 0 spiro atoms. The summed E-state index contributed by atoms with van der Waals surface area (Å²) in [7, 11) is -2.34. The van der Waals surface area contributed by atoms with Crippen molar-refractivity contribution in [1.29, 1.82) is 0 Å². The normalized spacial score (nSPS) is 26.0.